The quantitative estimate of drug-likeness (QED) is 0.261. The van der Waals surface area contributed by atoms with Crippen LogP contribution in [0.3, 0.4) is 0 Å². The molecule has 0 aliphatic heterocycles. The highest BCUT2D eigenvalue weighted by Gasteiger charge is 2.33. The Hall–Kier alpha value is -1.88. The Kier molecular flexibility index (Phi) is 9.66. The third-order valence-corrected chi connectivity index (χ3v) is 3.81. The summed E-state index contributed by atoms with van der Waals surface area (Å²) in [6, 6.07) is 10.3. The van der Waals surface area contributed by atoms with Crippen molar-refractivity contribution in [1.29, 1.82) is 0 Å². The first-order valence-electron chi connectivity index (χ1n) is 8.20. The molecule has 0 amide bonds. The van der Waals surface area contributed by atoms with Crippen LogP contribution in [-0.4, -0.2) is 20.1 Å². The van der Waals surface area contributed by atoms with Gasteiger partial charge in [0.2, 0.25) is 0 Å². The van der Waals surface area contributed by atoms with Gasteiger partial charge in [-0.3, -0.25) is 4.99 Å². The van der Waals surface area contributed by atoms with Gasteiger partial charge in [-0.15, -0.1) is 24.0 Å². The molecular weight excluding hydrogens is 489 g/mol. The second kappa shape index (κ2) is 11.2. The number of methoxy groups -OCH3 is 1. The summed E-state index contributed by atoms with van der Waals surface area (Å²) in [6.45, 7) is 0.789. The summed E-state index contributed by atoms with van der Waals surface area (Å²) in [4.78, 5) is 4.00. The number of nitrogens with zero attached hydrogens (tertiary/aromatic N) is 1. The predicted molar refractivity (Wildman–Crippen MR) is 111 cm³/mol. The van der Waals surface area contributed by atoms with Crippen LogP contribution in [-0.2, 0) is 30.6 Å². The molecule has 0 saturated heterocycles. The van der Waals surface area contributed by atoms with Crippen LogP contribution in [0, 0.1) is 5.82 Å². The van der Waals surface area contributed by atoms with Gasteiger partial charge in [0.15, 0.2) is 5.96 Å². The van der Waals surface area contributed by atoms with E-state index in [0.717, 1.165) is 23.3 Å². The minimum absolute atomic E-state index is 0. The molecule has 9 heteroatoms. The maximum atomic E-state index is 13.2. The third-order valence-electron chi connectivity index (χ3n) is 3.81. The Morgan fingerprint density at radius 1 is 1.04 bits per heavy atom. The minimum Gasteiger partial charge on any atom is -0.380 e. The highest BCUT2D eigenvalue weighted by molar-refractivity contribution is 14.0. The lowest BCUT2D eigenvalue weighted by Crippen LogP contribution is -2.36. The van der Waals surface area contributed by atoms with E-state index in [9.17, 15) is 17.6 Å². The number of nitrogens with one attached hydrogen (secondary N) is 2. The van der Waals surface area contributed by atoms with E-state index in [4.69, 9.17) is 4.74 Å². The second-order valence-corrected chi connectivity index (χ2v) is 5.83. The first-order chi connectivity index (χ1) is 12.8. The van der Waals surface area contributed by atoms with E-state index in [2.05, 4.69) is 15.6 Å². The van der Waals surface area contributed by atoms with Gasteiger partial charge >= 0.3 is 6.18 Å². The number of hydrogen-bond acceptors (Lipinski definition) is 2. The lowest BCUT2D eigenvalue weighted by molar-refractivity contribution is -0.138. The molecule has 0 radical (unpaired) electrons. The van der Waals surface area contributed by atoms with Crippen molar-refractivity contribution in [2.24, 2.45) is 4.99 Å². The summed E-state index contributed by atoms with van der Waals surface area (Å²) in [5.41, 5.74) is 0.929. The first-order valence-corrected chi connectivity index (χ1v) is 8.20. The van der Waals surface area contributed by atoms with Gasteiger partial charge in [-0.2, -0.15) is 13.2 Å². The van der Waals surface area contributed by atoms with Crippen LogP contribution >= 0.6 is 24.0 Å². The molecule has 2 aromatic rings. The molecule has 0 fully saturated rings. The number of rotatable bonds is 6. The lowest BCUT2D eigenvalue weighted by atomic mass is 10.1. The van der Waals surface area contributed by atoms with Crippen LogP contribution in [0.1, 0.15) is 22.3 Å². The SMILES string of the molecule is CN=C(NCc1cccc(COC)c1)NCc1ccc(F)cc1C(F)(F)F.I. The van der Waals surface area contributed by atoms with Crippen molar-refractivity contribution in [3.05, 3.63) is 70.5 Å². The zero-order valence-corrected chi connectivity index (χ0v) is 17.8. The van der Waals surface area contributed by atoms with E-state index in [-0.39, 0.29) is 36.1 Å². The number of aliphatic imine (C=N–C) groups is 1. The fourth-order valence-corrected chi connectivity index (χ4v) is 2.55. The van der Waals surface area contributed by atoms with Crippen molar-refractivity contribution in [3.63, 3.8) is 0 Å². The van der Waals surface area contributed by atoms with Gasteiger partial charge in [-0.05, 0) is 28.8 Å². The maximum absolute atomic E-state index is 13.2. The molecule has 28 heavy (non-hydrogen) atoms. The standard InChI is InChI=1S/C19H21F4N3O.HI/c1-24-18(25-10-13-4-3-5-14(8-13)12-27-2)26-11-15-6-7-16(20)9-17(15)19(21,22)23;/h3-9H,10-12H2,1-2H3,(H2,24,25,26);1H. The average Bonchev–Trinajstić information content (AvgIpc) is 2.62. The smallest absolute Gasteiger partial charge is 0.380 e. The van der Waals surface area contributed by atoms with Crippen LogP contribution in [0.4, 0.5) is 17.6 Å². The van der Waals surface area contributed by atoms with Gasteiger partial charge in [-0.1, -0.05) is 30.3 Å². The minimum atomic E-state index is -4.63. The fourth-order valence-electron chi connectivity index (χ4n) is 2.55. The van der Waals surface area contributed by atoms with Gasteiger partial charge < -0.3 is 15.4 Å². The summed E-state index contributed by atoms with van der Waals surface area (Å²) < 4.78 is 57.4. The maximum Gasteiger partial charge on any atom is 0.416 e. The molecule has 0 heterocycles. The second-order valence-electron chi connectivity index (χ2n) is 5.83. The normalized spacial score (nSPS) is 11.7. The van der Waals surface area contributed by atoms with Crippen molar-refractivity contribution in [1.82, 2.24) is 10.6 Å². The van der Waals surface area contributed by atoms with E-state index in [1.54, 1.807) is 7.11 Å². The van der Waals surface area contributed by atoms with Crippen LogP contribution < -0.4 is 10.6 Å². The number of benzene rings is 2. The first kappa shape index (κ1) is 24.2. The van der Waals surface area contributed by atoms with Crippen molar-refractivity contribution < 1.29 is 22.3 Å². The molecule has 0 aliphatic carbocycles. The van der Waals surface area contributed by atoms with Gasteiger partial charge in [0.25, 0.3) is 0 Å². The Balaban J connectivity index is 0.00000392. The zero-order chi connectivity index (χ0) is 19.9. The number of ether oxygens (including phenoxy) is 1. The molecule has 4 nitrogen and oxygen atoms in total. The zero-order valence-electron chi connectivity index (χ0n) is 15.4. The van der Waals surface area contributed by atoms with Gasteiger partial charge in [0.1, 0.15) is 5.82 Å². The van der Waals surface area contributed by atoms with Crippen molar-refractivity contribution in [3.8, 4) is 0 Å². The highest BCUT2D eigenvalue weighted by atomic mass is 127. The summed E-state index contributed by atoms with van der Waals surface area (Å²) in [6.07, 6.45) is -4.63. The van der Waals surface area contributed by atoms with E-state index in [0.29, 0.717) is 25.2 Å². The third kappa shape index (κ3) is 7.27. The molecule has 0 saturated carbocycles. The molecule has 0 bridgehead atoms. The van der Waals surface area contributed by atoms with Gasteiger partial charge in [0.05, 0.1) is 12.2 Å². The summed E-state index contributed by atoms with van der Waals surface area (Å²) in [7, 11) is 3.13. The van der Waals surface area contributed by atoms with Gasteiger partial charge in [0, 0.05) is 27.2 Å². The Bertz CT molecular complexity index is 797. The molecule has 2 rings (SSSR count). The monoisotopic (exact) mass is 511 g/mol. The van der Waals surface area contributed by atoms with Crippen molar-refractivity contribution in [2.45, 2.75) is 25.9 Å². The molecule has 154 valence electrons. The molecule has 0 aliphatic rings. The topological polar surface area (TPSA) is 45.7 Å². The number of alkyl halides is 3. The molecule has 0 atom stereocenters. The molecule has 0 spiro atoms. The number of guanidine groups is 1. The van der Waals surface area contributed by atoms with E-state index < -0.39 is 17.6 Å². The lowest BCUT2D eigenvalue weighted by Gasteiger charge is -2.16. The predicted octanol–water partition coefficient (Wildman–Crippen LogP) is 4.47. The van der Waals surface area contributed by atoms with E-state index in [1.807, 2.05) is 24.3 Å². The van der Waals surface area contributed by atoms with Crippen LogP contribution in [0.5, 0.6) is 0 Å². The molecule has 0 unspecified atom stereocenters. The summed E-state index contributed by atoms with van der Waals surface area (Å²) >= 11 is 0. The van der Waals surface area contributed by atoms with Crippen LogP contribution in [0.15, 0.2) is 47.5 Å². The fraction of sp³-hybridized carbons (Fsp3) is 0.316. The largest absolute Gasteiger partial charge is 0.416 e. The Morgan fingerprint density at radius 3 is 2.36 bits per heavy atom. The van der Waals surface area contributed by atoms with Crippen molar-refractivity contribution >= 4 is 29.9 Å². The Morgan fingerprint density at radius 2 is 1.71 bits per heavy atom. The number of halogens is 5. The average molecular weight is 511 g/mol. The van der Waals surface area contributed by atoms with E-state index in [1.165, 1.54) is 7.05 Å². The molecular formula is C19H22F4IN3O. The number of hydrogen-bond donors (Lipinski definition) is 2. The van der Waals surface area contributed by atoms with Crippen LogP contribution in [0.25, 0.3) is 0 Å². The summed E-state index contributed by atoms with van der Waals surface area (Å²) in [5, 5.41) is 5.86. The van der Waals surface area contributed by atoms with Crippen molar-refractivity contribution in [2.75, 3.05) is 14.2 Å². The summed E-state index contributed by atoms with van der Waals surface area (Å²) in [5.74, 6) is -0.589. The Labute approximate surface area is 178 Å². The highest BCUT2D eigenvalue weighted by Crippen LogP contribution is 2.32. The molecule has 0 aromatic heterocycles. The molecule has 2 aromatic carbocycles. The molecule has 2 N–H and O–H groups in total. The van der Waals surface area contributed by atoms with E-state index >= 15 is 0 Å². The van der Waals surface area contributed by atoms with Gasteiger partial charge in [-0.25, -0.2) is 4.39 Å². The van der Waals surface area contributed by atoms with Crippen LogP contribution in [0.2, 0.25) is 0 Å².